The molecule has 6 heteroatoms. The van der Waals surface area contributed by atoms with Gasteiger partial charge in [-0.1, -0.05) is 12.1 Å². The Morgan fingerprint density at radius 2 is 2.17 bits per heavy atom. The molecule has 0 saturated carbocycles. The second kappa shape index (κ2) is 6.03. The molecule has 0 unspecified atom stereocenters. The second-order valence-electron chi connectivity index (χ2n) is 6.24. The number of benzene rings is 1. The summed E-state index contributed by atoms with van der Waals surface area (Å²) < 4.78 is 0. The molecule has 24 heavy (non-hydrogen) atoms. The number of carbonyl (C=O) groups is 2. The minimum Gasteiger partial charge on any atom is -0.323 e. The van der Waals surface area contributed by atoms with Crippen molar-refractivity contribution >= 4 is 34.5 Å². The number of hydrogen-bond donors (Lipinski definition) is 1. The Morgan fingerprint density at radius 1 is 1.33 bits per heavy atom. The molecule has 1 N–H and O–H groups in total. The highest BCUT2D eigenvalue weighted by Gasteiger charge is 2.31. The van der Waals surface area contributed by atoms with Crippen LogP contribution in [0.3, 0.4) is 0 Å². The average Bonchev–Trinajstić information content (AvgIpc) is 3.06. The van der Waals surface area contributed by atoms with Gasteiger partial charge in [0.25, 0.3) is 0 Å². The molecule has 2 aliphatic rings. The summed E-state index contributed by atoms with van der Waals surface area (Å²) in [7, 11) is 0. The number of para-hydroxylation sites is 2. The van der Waals surface area contributed by atoms with Gasteiger partial charge in [0.05, 0.1) is 17.9 Å². The standard InChI is InChI=1S/C18H19N3O2S/c1-12-13-7-9-24-16(13)6-8-20(12)11-18(23)21-10-17(22)19-14-4-2-3-5-15(14)21/h2-5,7,9,12H,6,8,10-11H2,1H3,(H,19,22)/t12-/m1/s1. The predicted molar refractivity (Wildman–Crippen MR) is 95.4 cm³/mol. The Labute approximate surface area is 144 Å². The summed E-state index contributed by atoms with van der Waals surface area (Å²) in [6.07, 6.45) is 0.988. The number of amides is 2. The third-order valence-electron chi connectivity index (χ3n) is 4.81. The Bertz CT molecular complexity index is 801. The highest BCUT2D eigenvalue weighted by atomic mass is 32.1. The van der Waals surface area contributed by atoms with Gasteiger partial charge in [0, 0.05) is 17.5 Å². The van der Waals surface area contributed by atoms with Crippen LogP contribution in [0.15, 0.2) is 35.7 Å². The second-order valence-corrected chi connectivity index (χ2v) is 7.24. The fourth-order valence-corrected chi connectivity index (χ4v) is 4.46. The minimum absolute atomic E-state index is 0.0252. The van der Waals surface area contributed by atoms with Crippen LogP contribution in [0.25, 0.3) is 0 Å². The van der Waals surface area contributed by atoms with Crippen molar-refractivity contribution in [2.24, 2.45) is 0 Å². The lowest BCUT2D eigenvalue weighted by molar-refractivity contribution is -0.123. The normalized spacial score (nSPS) is 20.3. The van der Waals surface area contributed by atoms with Crippen molar-refractivity contribution in [3.63, 3.8) is 0 Å². The van der Waals surface area contributed by atoms with Crippen molar-refractivity contribution in [2.75, 3.05) is 29.9 Å². The molecule has 5 nitrogen and oxygen atoms in total. The van der Waals surface area contributed by atoms with E-state index in [4.69, 9.17) is 0 Å². The third kappa shape index (κ3) is 2.61. The molecular weight excluding hydrogens is 322 g/mol. The highest BCUT2D eigenvalue weighted by Crippen LogP contribution is 2.33. The first-order chi connectivity index (χ1) is 11.6. The van der Waals surface area contributed by atoms with Gasteiger partial charge < -0.3 is 5.32 Å². The van der Waals surface area contributed by atoms with Crippen molar-refractivity contribution in [1.29, 1.82) is 0 Å². The van der Waals surface area contributed by atoms with Crippen molar-refractivity contribution in [1.82, 2.24) is 4.90 Å². The number of carbonyl (C=O) groups excluding carboxylic acids is 2. The largest absolute Gasteiger partial charge is 0.323 e. The van der Waals surface area contributed by atoms with E-state index in [1.807, 2.05) is 24.3 Å². The summed E-state index contributed by atoms with van der Waals surface area (Å²) in [5, 5.41) is 4.94. The first-order valence-electron chi connectivity index (χ1n) is 8.13. The number of nitrogens with zero attached hydrogens (tertiary/aromatic N) is 2. The van der Waals surface area contributed by atoms with E-state index in [1.165, 1.54) is 10.4 Å². The molecule has 0 spiro atoms. The Hall–Kier alpha value is -2.18. The first-order valence-corrected chi connectivity index (χ1v) is 9.01. The number of anilines is 2. The Kier molecular flexibility index (Phi) is 3.86. The quantitative estimate of drug-likeness (QED) is 0.914. The summed E-state index contributed by atoms with van der Waals surface area (Å²) >= 11 is 1.79. The number of fused-ring (bicyclic) bond motifs is 2. The van der Waals surface area contributed by atoms with Crippen LogP contribution in [0.2, 0.25) is 0 Å². The molecule has 2 aromatic rings. The smallest absolute Gasteiger partial charge is 0.244 e. The molecule has 2 amide bonds. The number of nitrogens with one attached hydrogen (secondary N) is 1. The molecule has 4 rings (SSSR count). The van der Waals surface area contributed by atoms with Crippen molar-refractivity contribution < 1.29 is 9.59 Å². The fourth-order valence-electron chi connectivity index (χ4n) is 3.49. The molecule has 0 radical (unpaired) electrons. The third-order valence-corrected chi connectivity index (χ3v) is 5.81. The van der Waals surface area contributed by atoms with E-state index in [0.29, 0.717) is 12.2 Å². The maximum absolute atomic E-state index is 12.9. The summed E-state index contributed by atoms with van der Waals surface area (Å²) in [5.74, 6) is -0.170. The molecule has 0 bridgehead atoms. The molecule has 124 valence electrons. The molecule has 0 fully saturated rings. The van der Waals surface area contributed by atoms with Gasteiger partial charge >= 0.3 is 0 Å². The number of hydrogen-bond acceptors (Lipinski definition) is 4. The molecule has 0 aliphatic carbocycles. The predicted octanol–water partition coefficient (Wildman–Crippen LogP) is 2.65. The zero-order valence-electron chi connectivity index (χ0n) is 13.5. The van der Waals surface area contributed by atoms with E-state index >= 15 is 0 Å². The van der Waals surface area contributed by atoms with Crippen LogP contribution >= 0.6 is 11.3 Å². The van der Waals surface area contributed by atoms with Crippen LogP contribution in [0, 0.1) is 0 Å². The number of rotatable bonds is 2. The van der Waals surface area contributed by atoms with Gasteiger partial charge in [-0.3, -0.25) is 19.4 Å². The lowest BCUT2D eigenvalue weighted by Crippen LogP contribution is -2.48. The first kappa shape index (κ1) is 15.4. The molecule has 3 heterocycles. The summed E-state index contributed by atoms with van der Waals surface area (Å²) in [6.45, 7) is 3.44. The molecule has 2 aliphatic heterocycles. The van der Waals surface area contributed by atoms with E-state index in [0.717, 1.165) is 18.7 Å². The molecule has 1 aromatic carbocycles. The van der Waals surface area contributed by atoms with Crippen LogP contribution in [-0.4, -0.2) is 36.3 Å². The number of thiophene rings is 1. The van der Waals surface area contributed by atoms with Gasteiger partial charge in [-0.15, -0.1) is 11.3 Å². The molecule has 0 saturated heterocycles. The van der Waals surface area contributed by atoms with Crippen LogP contribution < -0.4 is 10.2 Å². The van der Waals surface area contributed by atoms with Crippen LogP contribution in [0.5, 0.6) is 0 Å². The Balaban J connectivity index is 1.54. The van der Waals surface area contributed by atoms with Crippen LogP contribution in [0.4, 0.5) is 11.4 Å². The molecule has 1 aromatic heterocycles. The van der Waals surface area contributed by atoms with Gasteiger partial charge in [-0.05, 0) is 42.5 Å². The summed E-state index contributed by atoms with van der Waals surface area (Å²) in [4.78, 5) is 30.0. The van der Waals surface area contributed by atoms with E-state index in [-0.39, 0.29) is 24.4 Å². The summed E-state index contributed by atoms with van der Waals surface area (Å²) in [6, 6.07) is 9.84. The van der Waals surface area contributed by atoms with E-state index in [2.05, 4.69) is 28.6 Å². The van der Waals surface area contributed by atoms with E-state index < -0.39 is 0 Å². The van der Waals surface area contributed by atoms with Gasteiger partial charge in [0.15, 0.2) is 0 Å². The van der Waals surface area contributed by atoms with Crippen LogP contribution in [-0.2, 0) is 16.0 Å². The zero-order valence-corrected chi connectivity index (χ0v) is 14.3. The highest BCUT2D eigenvalue weighted by molar-refractivity contribution is 7.10. The lowest BCUT2D eigenvalue weighted by Gasteiger charge is -2.36. The van der Waals surface area contributed by atoms with Gasteiger partial charge in [0.2, 0.25) is 11.8 Å². The SMILES string of the molecule is C[C@@H]1c2ccsc2CCN1CC(=O)N1CC(=O)Nc2ccccc21. The van der Waals surface area contributed by atoms with E-state index in [9.17, 15) is 9.59 Å². The molecule has 1 atom stereocenters. The van der Waals surface area contributed by atoms with Gasteiger partial charge in [-0.2, -0.15) is 0 Å². The summed E-state index contributed by atoms with van der Waals surface area (Å²) in [5.41, 5.74) is 2.81. The Morgan fingerprint density at radius 3 is 3.04 bits per heavy atom. The zero-order chi connectivity index (χ0) is 16.7. The maximum atomic E-state index is 12.9. The monoisotopic (exact) mass is 341 g/mol. The van der Waals surface area contributed by atoms with Crippen LogP contribution in [0.1, 0.15) is 23.4 Å². The topological polar surface area (TPSA) is 52.7 Å². The lowest BCUT2D eigenvalue weighted by atomic mass is 10.0. The van der Waals surface area contributed by atoms with Crippen molar-refractivity contribution in [3.05, 3.63) is 46.2 Å². The maximum Gasteiger partial charge on any atom is 0.244 e. The fraction of sp³-hybridized carbons (Fsp3) is 0.333. The van der Waals surface area contributed by atoms with Crippen molar-refractivity contribution in [2.45, 2.75) is 19.4 Å². The minimum atomic E-state index is -0.145. The van der Waals surface area contributed by atoms with Gasteiger partial charge in [-0.25, -0.2) is 0 Å². The van der Waals surface area contributed by atoms with Gasteiger partial charge in [0.1, 0.15) is 6.54 Å². The molecular formula is C18H19N3O2S. The van der Waals surface area contributed by atoms with E-state index in [1.54, 1.807) is 16.2 Å². The average molecular weight is 341 g/mol. The van der Waals surface area contributed by atoms with Crippen molar-refractivity contribution in [3.8, 4) is 0 Å².